The molecular formula is C12H15ClO2. The van der Waals surface area contributed by atoms with E-state index in [1.807, 2.05) is 32.0 Å². The summed E-state index contributed by atoms with van der Waals surface area (Å²) >= 11 is 5.88. The fraction of sp³-hybridized carbons (Fsp3) is 0.417. The van der Waals surface area contributed by atoms with E-state index in [1.54, 1.807) is 0 Å². The monoisotopic (exact) mass is 226 g/mol. The van der Waals surface area contributed by atoms with E-state index >= 15 is 0 Å². The van der Waals surface area contributed by atoms with Crippen molar-refractivity contribution in [1.29, 1.82) is 0 Å². The standard InChI is InChI=1S/C12H15ClO2/c1-3-15-12-6-4-5-10(9(2)8-14)11(12)7-13/h4-6,8-9H,3,7H2,1-2H3. The van der Waals surface area contributed by atoms with Crippen LogP contribution in [0.25, 0.3) is 0 Å². The van der Waals surface area contributed by atoms with Gasteiger partial charge in [0.25, 0.3) is 0 Å². The summed E-state index contributed by atoms with van der Waals surface area (Å²) in [6.07, 6.45) is 0.918. The quantitative estimate of drug-likeness (QED) is 0.570. The summed E-state index contributed by atoms with van der Waals surface area (Å²) in [6.45, 7) is 4.38. The van der Waals surface area contributed by atoms with Gasteiger partial charge in [-0.1, -0.05) is 19.1 Å². The van der Waals surface area contributed by atoms with Crippen LogP contribution < -0.4 is 4.74 Å². The van der Waals surface area contributed by atoms with Gasteiger partial charge in [0.2, 0.25) is 0 Å². The topological polar surface area (TPSA) is 26.3 Å². The van der Waals surface area contributed by atoms with Crippen molar-refractivity contribution in [2.24, 2.45) is 0 Å². The average Bonchev–Trinajstić information content (AvgIpc) is 2.28. The van der Waals surface area contributed by atoms with Crippen LogP contribution in [0.1, 0.15) is 30.9 Å². The van der Waals surface area contributed by atoms with E-state index in [2.05, 4.69) is 0 Å². The SMILES string of the molecule is CCOc1cccc(C(C)C=O)c1CCl. The van der Waals surface area contributed by atoms with Gasteiger partial charge in [0.15, 0.2) is 0 Å². The summed E-state index contributed by atoms with van der Waals surface area (Å²) in [6, 6.07) is 5.68. The Balaban J connectivity index is 3.15. The van der Waals surface area contributed by atoms with E-state index in [0.717, 1.165) is 23.2 Å². The van der Waals surface area contributed by atoms with Crippen molar-refractivity contribution in [2.45, 2.75) is 25.6 Å². The number of carbonyl (C=O) groups is 1. The van der Waals surface area contributed by atoms with Crippen LogP contribution in [0.3, 0.4) is 0 Å². The average molecular weight is 227 g/mol. The molecule has 2 nitrogen and oxygen atoms in total. The molecule has 82 valence electrons. The molecule has 0 radical (unpaired) electrons. The Kier molecular flexibility index (Phi) is 4.63. The van der Waals surface area contributed by atoms with Gasteiger partial charge >= 0.3 is 0 Å². The number of rotatable bonds is 5. The number of benzene rings is 1. The number of hydrogen-bond acceptors (Lipinski definition) is 2. The molecule has 0 bridgehead atoms. The molecule has 0 amide bonds. The molecular weight excluding hydrogens is 212 g/mol. The first-order chi connectivity index (χ1) is 7.24. The number of aldehydes is 1. The Morgan fingerprint density at radius 1 is 1.53 bits per heavy atom. The van der Waals surface area contributed by atoms with E-state index in [9.17, 15) is 4.79 Å². The number of hydrogen-bond donors (Lipinski definition) is 0. The highest BCUT2D eigenvalue weighted by Crippen LogP contribution is 2.28. The third-order valence-corrected chi connectivity index (χ3v) is 2.56. The molecule has 1 atom stereocenters. The van der Waals surface area contributed by atoms with Crippen molar-refractivity contribution in [1.82, 2.24) is 0 Å². The Labute approximate surface area is 95.2 Å². The maximum atomic E-state index is 10.8. The normalized spacial score (nSPS) is 12.2. The number of ether oxygens (including phenoxy) is 1. The molecule has 0 aliphatic carbocycles. The first-order valence-corrected chi connectivity index (χ1v) is 5.53. The molecule has 0 spiro atoms. The van der Waals surface area contributed by atoms with Gasteiger partial charge in [-0.05, 0) is 18.6 Å². The molecule has 0 aliphatic rings. The predicted molar refractivity (Wildman–Crippen MR) is 61.6 cm³/mol. The van der Waals surface area contributed by atoms with Crippen molar-refractivity contribution >= 4 is 17.9 Å². The second kappa shape index (κ2) is 5.76. The first kappa shape index (κ1) is 12.1. The van der Waals surface area contributed by atoms with Crippen molar-refractivity contribution < 1.29 is 9.53 Å². The lowest BCUT2D eigenvalue weighted by atomic mass is 9.97. The lowest BCUT2D eigenvalue weighted by Crippen LogP contribution is -2.03. The largest absolute Gasteiger partial charge is 0.494 e. The van der Waals surface area contributed by atoms with Gasteiger partial charge in [0.1, 0.15) is 12.0 Å². The fourth-order valence-electron chi connectivity index (χ4n) is 1.52. The highest BCUT2D eigenvalue weighted by molar-refractivity contribution is 6.17. The molecule has 0 aliphatic heterocycles. The van der Waals surface area contributed by atoms with Gasteiger partial charge in [0.05, 0.1) is 12.5 Å². The molecule has 0 fully saturated rings. The van der Waals surface area contributed by atoms with Crippen molar-refractivity contribution in [2.75, 3.05) is 6.61 Å². The first-order valence-electron chi connectivity index (χ1n) is 5.00. The minimum atomic E-state index is -0.140. The second-order valence-corrected chi connectivity index (χ2v) is 3.58. The van der Waals surface area contributed by atoms with Gasteiger partial charge in [-0.15, -0.1) is 11.6 Å². The van der Waals surface area contributed by atoms with Gasteiger partial charge in [0, 0.05) is 11.5 Å². The third kappa shape index (κ3) is 2.72. The lowest BCUT2D eigenvalue weighted by molar-refractivity contribution is -0.108. The molecule has 3 heteroatoms. The van der Waals surface area contributed by atoms with Crippen LogP contribution in [0.4, 0.5) is 0 Å². The summed E-state index contributed by atoms with van der Waals surface area (Å²) in [7, 11) is 0. The van der Waals surface area contributed by atoms with Gasteiger partial charge in [-0.2, -0.15) is 0 Å². The zero-order chi connectivity index (χ0) is 11.3. The Hall–Kier alpha value is -1.02. The molecule has 0 aromatic heterocycles. The maximum absolute atomic E-state index is 10.8. The Bertz CT molecular complexity index is 336. The van der Waals surface area contributed by atoms with Gasteiger partial charge < -0.3 is 9.53 Å². The lowest BCUT2D eigenvalue weighted by Gasteiger charge is -2.14. The van der Waals surface area contributed by atoms with Crippen LogP contribution in [-0.2, 0) is 10.7 Å². The van der Waals surface area contributed by atoms with Gasteiger partial charge in [-0.25, -0.2) is 0 Å². The maximum Gasteiger partial charge on any atom is 0.127 e. The molecule has 1 rings (SSSR count). The smallest absolute Gasteiger partial charge is 0.127 e. The van der Waals surface area contributed by atoms with Crippen molar-refractivity contribution in [3.8, 4) is 5.75 Å². The molecule has 0 saturated heterocycles. The summed E-state index contributed by atoms with van der Waals surface area (Å²) in [4.78, 5) is 10.8. The van der Waals surface area contributed by atoms with E-state index in [1.165, 1.54) is 0 Å². The Morgan fingerprint density at radius 3 is 2.80 bits per heavy atom. The summed E-state index contributed by atoms with van der Waals surface area (Å²) in [5.41, 5.74) is 1.87. The van der Waals surface area contributed by atoms with E-state index < -0.39 is 0 Å². The van der Waals surface area contributed by atoms with Crippen molar-refractivity contribution in [3.05, 3.63) is 29.3 Å². The van der Waals surface area contributed by atoms with E-state index in [-0.39, 0.29) is 5.92 Å². The fourth-order valence-corrected chi connectivity index (χ4v) is 1.80. The van der Waals surface area contributed by atoms with Gasteiger partial charge in [-0.3, -0.25) is 0 Å². The minimum Gasteiger partial charge on any atom is -0.494 e. The molecule has 0 heterocycles. The van der Waals surface area contributed by atoms with Crippen LogP contribution in [0.2, 0.25) is 0 Å². The van der Waals surface area contributed by atoms with Crippen LogP contribution in [0.15, 0.2) is 18.2 Å². The van der Waals surface area contributed by atoms with E-state index in [4.69, 9.17) is 16.3 Å². The highest BCUT2D eigenvalue weighted by Gasteiger charge is 2.13. The van der Waals surface area contributed by atoms with Crippen molar-refractivity contribution in [3.63, 3.8) is 0 Å². The molecule has 1 unspecified atom stereocenters. The summed E-state index contributed by atoms with van der Waals surface area (Å²) in [5.74, 6) is 1.00. The zero-order valence-corrected chi connectivity index (χ0v) is 9.75. The number of alkyl halides is 1. The predicted octanol–water partition coefficient (Wildman–Crippen LogP) is 3.13. The summed E-state index contributed by atoms with van der Waals surface area (Å²) < 4.78 is 5.46. The molecule has 0 N–H and O–H groups in total. The van der Waals surface area contributed by atoms with E-state index in [0.29, 0.717) is 12.5 Å². The zero-order valence-electron chi connectivity index (χ0n) is 9.00. The number of carbonyl (C=O) groups excluding carboxylic acids is 1. The minimum absolute atomic E-state index is 0.140. The van der Waals surface area contributed by atoms with Crippen LogP contribution in [0.5, 0.6) is 5.75 Å². The van der Waals surface area contributed by atoms with Crippen LogP contribution in [0, 0.1) is 0 Å². The Morgan fingerprint density at radius 2 is 2.27 bits per heavy atom. The molecule has 0 saturated carbocycles. The second-order valence-electron chi connectivity index (χ2n) is 3.32. The highest BCUT2D eigenvalue weighted by atomic mass is 35.5. The molecule has 15 heavy (non-hydrogen) atoms. The van der Waals surface area contributed by atoms with Crippen LogP contribution in [-0.4, -0.2) is 12.9 Å². The summed E-state index contributed by atoms with van der Waals surface area (Å²) in [5, 5.41) is 0. The third-order valence-electron chi connectivity index (χ3n) is 2.30. The van der Waals surface area contributed by atoms with Crippen LogP contribution >= 0.6 is 11.6 Å². The molecule has 1 aromatic rings. The molecule has 1 aromatic carbocycles. The number of halogens is 1.